The predicted molar refractivity (Wildman–Crippen MR) is 92.2 cm³/mol. The van der Waals surface area contributed by atoms with Crippen molar-refractivity contribution in [1.29, 1.82) is 0 Å². The first-order valence-electron chi connectivity index (χ1n) is 9.35. The molecule has 1 saturated heterocycles. The fraction of sp³-hybridized carbons (Fsp3) is 0.524. The number of hydrogen-bond acceptors (Lipinski definition) is 3. The van der Waals surface area contributed by atoms with Crippen LogP contribution in [0.4, 0.5) is 0 Å². The maximum atomic E-state index is 13.0. The van der Waals surface area contributed by atoms with E-state index in [9.17, 15) is 14.7 Å². The van der Waals surface area contributed by atoms with Crippen LogP contribution < -0.4 is 5.11 Å². The van der Waals surface area contributed by atoms with Crippen molar-refractivity contribution in [3.05, 3.63) is 48.0 Å². The lowest BCUT2D eigenvalue weighted by atomic mass is 9.81. The maximum Gasteiger partial charge on any atom is 0.226 e. The predicted octanol–water partition coefficient (Wildman–Crippen LogP) is 1.66. The van der Waals surface area contributed by atoms with Crippen LogP contribution in [0.15, 0.2) is 42.5 Å². The van der Waals surface area contributed by atoms with Gasteiger partial charge in [0.25, 0.3) is 0 Å². The minimum absolute atomic E-state index is 0.0143. The molecule has 1 amide bonds. The first kappa shape index (κ1) is 16.4. The number of fused-ring (bicyclic) bond motifs is 2. The van der Waals surface area contributed by atoms with Crippen LogP contribution in [0.5, 0.6) is 0 Å². The van der Waals surface area contributed by atoms with Gasteiger partial charge < -0.3 is 14.8 Å². The summed E-state index contributed by atoms with van der Waals surface area (Å²) in [5.41, 5.74) is 1.35. The van der Waals surface area contributed by atoms with Crippen LogP contribution in [0, 0.1) is 29.6 Å². The Labute approximate surface area is 148 Å². The third-order valence-electron chi connectivity index (χ3n) is 6.31. The van der Waals surface area contributed by atoms with E-state index < -0.39 is 17.8 Å². The summed E-state index contributed by atoms with van der Waals surface area (Å²) in [6, 6.07) is 10.5. The number of carbonyl (C=O) groups is 2. The molecule has 2 bridgehead atoms. The van der Waals surface area contributed by atoms with Crippen molar-refractivity contribution in [3.63, 3.8) is 0 Å². The van der Waals surface area contributed by atoms with Gasteiger partial charge in [-0.3, -0.25) is 4.79 Å². The Morgan fingerprint density at radius 1 is 1.00 bits per heavy atom. The lowest BCUT2D eigenvalue weighted by Crippen LogP contribution is -2.48. The SMILES string of the molecule is O=C([O-])[C@@H]1[C@@H](C(=O)N2CCC(Cc3ccccc3)CC2)[C@@H]2C=C[C@@H]1C2. The molecule has 2 aliphatic carbocycles. The van der Waals surface area contributed by atoms with Crippen LogP contribution in [-0.4, -0.2) is 29.9 Å². The molecule has 0 aromatic heterocycles. The van der Waals surface area contributed by atoms with Crippen molar-refractivity contribution in [1.82, 2.24) is 4.90 Å². The van der Waals surface area contributed by atoms with Crippen LogP contribution in [0.1, 0.15) is 24.8 Å². The van der Waals surface area contributed by atoms with E-state index in [0.29, 0.717) is 5.92 Å². The Kier molecular flexibility index (Phi) is 4.36. The summed E-state index contributed by atoms with van der Waals surface area (Å²) in [6.07, 6.45) is 7.83. The lowest BCUT2D eigenvalue weighted by molar-refractivity contribution is -0.313. The number of hydrogen-bond donors (Lipinski definition) is 0. The van der Waals surface area contributed by atoms with Crippen molar-refractivity contribution in [2.75, 3.05) is 13.1 Å². The number of nitrogens with zero attached hydrogens (tertiary/aromatic N) is 1. The van der Waals surface area contributed by atoms with Crippen LogP contribution in [0.3, 0.4) is 0 Å². The minimum atomic E-state index is -1.06. The molecule has 1 aromatic carbocycles. The first-order chi connectivity index (χ1) is 12.1. The maximum absolute atomic E-state index is 13.0. The summed E-state index contributed by atoms with van der Waals surface area (Å²) >= 11 is 0. The Hall–Kier alpha value is -2.10. The summed E-state index contributed by atoms with van der Waals surface area (Å²) in [5, 5.41) is 11.5. The second kappa shape index (κ2) is 6.66. The van der Waals surface area contributed by atoms with Crippen LogP contribution >= 0.6 is 0 Å². The van der Waals surface area contributed by atoms with Gasteiger partial charge >= 0.3 is 0 Å². The summed E-state index contributed by atoms with van der Waals surface area (Å²) < 4.78 is 0. The third kappa shape index (κ3) is 3.10. The fourth-order valence-corrected chi connectivity index (χ4v) is 5.00. The van der Waals surface area contributed by atoms with Gasteiger partial charge in [0.05, 0.1) is 5.92 Å². The Balaban J connectivity index is 1.37. The number of piperidine rings is 1. The van der Waals surface area contributed by atoms with Crippen molar-refractivity contribution in [3.8, 4) is 0 Å². The number of allylic oxidation sites excluding steroid dienone is 2. The van der Waals surface area contributed by atoms with Crippen molar-refractivity contribution in [2.24, 2.45) is 29.6 Å². The number of aliphatic carboxylic acids is 1. The second-order valence-corrected chi connectivity index (χ2v) is 7.78. The van der Waals surface area contributed by atoms with E-state index in [1.165, 1.54) is 5.56 Å². The van der Waals surface area contributed by atoms with Gasteiger partial charge in [-0.05, 0) is 49.0 Å². The molecule has 0 spiro atoms. The van der Waals surface area contributed by atoms with E-state index in [-0.39, 0.29) is 17.7 Å². The molecule has 0 N–H and O–H groups in total. The van der Waals surface area contributed by atoms with Gasteiger partial charge in [-0.25, -0.2) is 0 Å². The third-order valence-corrected chi connectivity index (χ3v) is 6.31. The molecule has 4 nitrogen and oxygen atoms in total. The topological polar surface area (TPSA) is 60.4 Å². The van der Waals surface area contributed by atoms with Gasteiger partial charge in [0, 0.05) is 25.0 Å². The zero-order chi connectivity index (χ0) is 17.4. The van der Waals surface area contributed by atoms with Gasteiger partial charge in [-0.15, -0.1) is 0 Å². The minimum Gasteiger partial charge on any atom is -0.550 e. The van der Waals surface area contributed by atoms with E-state index >= 15 is 0 Å². The molecule has 4 rings (SSSR count). The van der Waals surface area contributed by atoms with E-state index in [0.717, 1.165) is 38.8 Å². The quantitative estimate of drug-likeness (QED) is 0.785. The Morgan fingerprint density at radius 3 is 2.28 bits per heavy atom. The Morgan fingerprint density at radius 2 is 1.64 bits per heavy atom. The average Bonchev–Trinajstić information content (AvgIpc) is 3.24. The van der Waals surface area contributed by atoms with Crippen LogP contribution in [-0.2, 0) is 16.0 Å². The normalized spacial score (nSPS) is 31.4. The summed E-state index contributed by atoms with van der Waals surface area (Å²) in [6.45, 7) is 1.49. The molecule has 1 aliphatic heterocycles. The molecule has 2 fully saturated rings. The van der Waals surface area contributed by atoms with Crippen molar-refractivity contribution < 1.29 is 14.7 Å². The van der Waals surface area contributed by atoms with E-state index in [1.807, 2.05) is 23.1 Å². The zero-order valence-corrected chi connectivity index (χ0v) is 14.3. The first-order valence-corrected chi connectivity index (χ1v) is 9.35. The summed E-state index contributed by atoms with van der Waals surface area (Å²) in [5.74, 6) is -1.40. The van der Waals surface area contributed by atoms with Crippen molar-refractivity contribution >= 4 is 11.9 Å². The average molecular weight is 338 g/mol. The number of carboxylic acids is 1. The largest absolute Gasteiger partial charge is 0.550 e. The van der Waals surface area contributed by atoms with E-state index in [1.54, 1.807) is 0 Å². The highest BCUT2D eigenvalue weighted by atomic mass is 16.4. The fourth-order valence-electron chi connectivity index (χ4n) is 5.00. The molecule has 3 aliphatic rings. The molecule has 0 radical (unpaired) electrons. The monoisotopic (exact) mass is 338 g/mol. The molecular formula is C21H24NO3-. The number of amides is 1. The number of carboxylic acid groups (broad SMARTS) is 1. The molecule has 1 aromatic rings. The van der Waals surface area contributed by atoms with Gasteiger partial charge in [0.1, 0.15) is 0 Å². The Bertz CT molecular complexity index is 676. The number of likely N-dealkylation sites (tertiary alicyclic amines) is 1. The van der Waals surface area contributed by atoms with Gasteiger partial charge in [-0.1, -0.05) is 42.5 Å². The molecule has 0 unspecified atom stereocenters. The molecule has 1 saturated carbocycles. The van der Waals surface area contributed by atoms with E-state index in [2.05, 4.69) is 24.3 Å². The molecule has 25 heavy (non-hydrogen) atoms. The smallest absolute Gasteiger partial charge is 0.226 e. The number of benzene rings is 1. The van der Waals surface area contributed by atoms with Crippen LogP contribution in [0.25, 0.3) is 0 Å². The van der Waals surface area contributed by atoms with Gasteiger partial charge in [0.2, 0.25) is 5.91 Å². The standard InChI is InChI=1S/C21H25NO3/c23-20(18-16-6-7-17(13-16)19(18)21(24)25)22-10-8-15(9-11-22)12-14-4-2-1-3-5-14/h1-7,15-19H,8-13H2,(H,24,25)/p-1/t16-,17-,18+,19+/m1/s1. The summed E-state index contributed by atoms with van der Waals surface area (Å²) in [7, 11) is 0. The number of carbonyl (C=O) groups excluding carboxylic acids is 2. The molecule has 132 valence electrons. The second-order valence-electron chi connectivity index (χ2n) is 7.78. The highest BCUT2D eigenvalue weighted by molar-refractivity contribution is 5.86. The molecule has 4 atom stereocenters. The van der Waals surface area contributed by atoms with Gasteiger partial charge in [-0.2, -0.15) is 0 Å². The molecule has 4 heteroatoms. The summed E-state index contributed by atoms with van der Waals surface area (Å²) in [4.78, 5) is 26.4. The van der Waals surface area contributed by atoms with Crippen molar-refractivity contribution in [2.45, 2.75) is 25.7 Å². The van der Waals surface area contributed by atoms with Gasteiger partial charge in [0.15, 0.2) is 0 Å². The van der Waals surface area contributed by atoms with Crippen LogP contribution in [0.2, 0.25) is 0 Å². The molecule has 1 heterocycles. The molecular weight excluding hydrogens is 314 g/mol. The lowest BCUT2D eigenvalue weighted by Gasteiger charge is -2.37. The van der Waals surface area contributed by atoms with E-state index in [4.69, 9.17) is 0 Å². The highest BCUT2D eigenvalue weighted by Crippen LogP contribution is 2.48. The zero-order valence-electron chi connectivity index (χ0n) is 14.3. The highest BCUT2D eigenvalue weighted by Gasteiger charge is 2.50. The number of rotatable bonds is 4.